The van der Waals surface area contributed by atoms with E-state index in [1.165, 1.54) is 5.39 Å². The highest BCUT2D eigenvalue weighted by Crippen LogP contribution is 2.26. The zero-order valence-corrected chi connectivity index (χ0v) is 12.0. The van der Waals surface area contributed by atoms with Gasteiger partial charge in [0.05, 0.1) is 11.2 Å². The van der Waals surface area contributed by atoms with Crippen molar-refractivity contribution in [1.82, 2.24) is 24.6 Å². The predicted octanol–water partition coefficient (Wildman–Crippen LogP) is 2.01. The molecule has 0 saturated carbocycles. The molecule has 3 rings (SSSR count). The van der Waals surface area contributed by atoms with E-state index in [-0.39, 0.29) is 6.04 Å². The highest BCUT2D eigenvalue weighted by molar-refractivity contribution is 5.82. The zero-order valence-electron chi connectivity index (χ0n) is 12.0. The van der Waals surface area contributed by atoms with Gasteiger partial charge in [-0.1, -0.05) is 25.1 Å². The second kappa shape index (κ2) is 5.09. The van der Waals surface area contributed by atoms with E-state index in [4.69, 9.17) is 5.10 Å². The molecule has 104 valence electrons. The molecule has 1 unspecified atom stereocenters. The summed E-state index contributed by atoms with van der Waals surface area (Å²) in [6.07, 6.45) is 3.79. The number of benzene rings is 1. The number of aromatic nitrogens is 4. The van der Waals surface area contributed by atoms with Gasteiger partial charge in [0.1, 0.15) is 11.9 Å². The van der Waals surface area contributed by atoms with Crippen LogP contribution in [-0.2, 0) is 14.1 Å². The minimum Gasteiger partial charge on any atom is -0.336 e. The summed E-state index contributed by atoms with van der Waals surface area (Å²) in [4.78, 5) is 4.48. The summed E-state index contributed by atoms with van der Waals surface area (Å²) in [5.74, 6) is 0.982. The Hall–Kier alpha value is -2.14. The van der Waals surface area contributed by atoms with Gasteiger partial charge < -0.3 is 9.88 Å². The maximum Gasteiger partial charge on any atom is 0.131 e. The quantitative estimate of drug-likeness (QED) is 0.788. The fourth-order valence-electron chi connectivity index (χ4n) is 2.62. The molecule has 5 heteroatoms. The molecule has 2 heterocycles. The average Bonchev–Trinajstić information content (AvgIpc) is 3.02. The third-order valence-electron chi connectivity index (χ3n) is 3.58. The number of hydrogen-bond acceptors (Lipinski definition) is 3. The number of fused-ring (bicyclic) bond motifs is 1. The second-order valence-electron chi connectivity index (χ2n) is 4.91. The normalized spacial score (nSPS) is 12.9. The average molecular weight is 269 g/mol. The molecule has 0 aliphatic heterocycles. The van der Waals surface area contributed by atoms with Gasteiger partial charge in [-0.15, -0.1) is 0 Å². The number of imidazole rings is 1. The summed E-state index contributed by atoms with van der Waals surface area (Å²) in [6, 6.07) is 8.30. The lowest BCUT2D eigenvalue weighted by atomic mass is 10.1. The van der Waals surface area contributed by atoms with Crippen molar-refractivity contribution in [2.45, 2.75) is 13.0 Å². The molecule has 0 spiro atoms. The molecule has 0 fully saturated rings. The highest BCUT2D eigenvalue weighted by Gasteiger charge is 2.22. The SMILES string of the molecule is CCNC(c1nn(C)c2ccccc12)c1nccn1C. The molecule has 1 atom stereocenters. The van der Waals surface area contributed by atoms with E-state index in [1.54, 1.807) is 0 Å². The molecule has 0 saturated heterocycles. The highest BCUT2D eigenvalue weighted by atomic mass is 15.3. The second-order valence-corrected chi connectivity index (χ2v) is 4.91. The van der Waals surface area contributed by atoms with Crippen LogP contribution in [0, 0.1) is 0 Å². The Morgan fingerprint density at radius 2 is 2.05 bits per heavy atom. The van der Waals surface area contributed by atoms with Gasteiger partial charge in [0.2, 0.25) is 0 Å². The van der Waals surface area contributed by atoms with Gasteiger partial charge in [-0.25, -0.2) is 4.98 Å². The summed E-state index contributed by atoms with van der Waals surface area (Å²) < 4.78 is 3.97. The molecular formula is C15H19N5. The molecule has 0 bridgehead atoms. The van der Waals surface area contributed by atoms with E-state index < -0.39 is 0 Å². The van der Waals surface area contributed by atoms with E-state index in [2.05, 4.69) is 35.4 Å². The number of rotatable bonds is 4. The Morgan fingerprint density at radius 3 is 2.75 bits per heavy atom. The molecule has 1 N–H and O–H groups in total. The first kappa shape index (κ1) is 12.9. The summed E-state index contributed by atoms with van der Waals surface area (Å²) in [7, 11) is 3.99. The van der Waals surface area contributed by atoms with Gasteiger partial charge in [0.15, 0.2) is 0 Å². The van der Waals surface area contributed by atoms with Crippen LogP contribution in [0.3, 0.4) is 0 Å². The predicted molar refractivity (Wildman–Crippen MR) is 79.4 cm³/mol. The van der Waals surface area contributed by atoms with Crippen molar-refractivity contribution in [1.29, 1.82) is 0 Å². The first-order valence-electron chi connectivity index (χ1n) is 6.84. The van der Waals surface area contributed by atoms with Crippen LogP contribution in [0.5, 0.6) is 0 Å². The Balaban J connectivity index is 2.18. The van der Waals surface area contributed by atoms with Crippen LogP contribution in [0.25, 0.3) is 10.9 Å². The Bertz CT molecular complexity index is 725. The van der Waals surface area contributed by atoms with Gasteiger partial charge in [-0.2, -0.15) is 5.10 Å². The molecule has 3 aromatic rings. The lowest BCUT2D eigenvalue weighted by molar-refractivity contribution is 0.558. The minimum absolute atomic E-state index is 0.00565. The van der Waals surface area contributed by atoms with Crippen molar-refractivity contribution >= 4 is 10.9 Å². The first-order valence-corrected chi connectivity index (χ1v) is 6.84. The van der Waals surface area contributed by atoms with Gasteiger partial charge in [-0.05, 0) is 12.6 Å². The van der Waals surface area contributed by atoms with Crippen LogP contribution < -0.4 is 5.32 Å². The number of hydrogen-bond donors (Lipinski definition) is 1. The van der Waals surface area contributed by atoms with E-state index >= 15 is 0 Å². The van der Waals surface area contributed by atoms with E-state index in [0.717, 1.165) is 23.6 Å². The number of nitrogens with one attached hydrogen (secondary N) is 1. The third kappa shape index (κ3) is 2.00. The van der Waals surface area contributed by atoms with Crippen LogP contribution in [0.15, 0.2) is 36.7 Å². The summed E-state index contributed by atoms with van der Waals surface area (Å²) in [5, 5.41) is 9.37. The van der Waals surface area contributed by atoms with Gasteiger partial charge in [0, 0.05) is 31.9 Å². The lowest BCUT2D eigenvalue weighted by Crippen LogP contribution is -2.25. The van der Waals surface area contributed by atoms with Crippen molar-refractivity contribution in [3.63, 3.8) is 0 Å². The summed E-state index contributed by atoms with van der Waals surface area (Å²) in [6.45, 7) is 2.96. The zero-order chi connectivity index (χ0) is 14.1. The maximum atomic E-state index is 4.71. The number of nitrogens with zero attached hydrogens (tertiary/aromatic N) is 4. The standard InChI is InChI=1S/C15H19N5/c1-4-16-14(15-17-9-10-19(15)2)13-11-7-5-6-8-12(11)20(3)18-13/h5-10,14,16H,4H2,1-3H3. The molecular weight excluding hydrogens is 250 g/mol. The van der Waals surface area contributed by atoms with Crippen molar-refractivity contribution < 1.29 is 0 Å². The smallest absolute Gasteiger partial charge is 0.131 e. The van der Waals surface area contributed by atoms with Gasteiger partial charge >= 0.3 is 0 Å². The van der Waals surface area contributed by atoms with Crippen LogP contribution in [0.2, 0.25) is 0 Å². The Kier molecular flexibility index (Phi) is 3.28. The molecule has 20 heavy (non-hydrogen) atoms. The molecule has 0 amide bonds. The van der Waals surface area contributed by atoms with Crippen LogP contribution in [-0.4, -0.2) is 25.9 Å². The number of para-hydroxylation sites is 1. The summed E-state index contributed by atoms with van der Waals surface area (Å²) in [5.41, 5.74) is 2.17. The van der Waals surface area contributed by atoms with Crippen molar-refractivity contribution in [3.8, 4) is 0 Å². The topological polar surface area (TPSA) is 47.7 Å². The van der Waals surface area contributed by atoms with Gasteiger partial charge in [-0.3, -0.25) is 4.68 Å². The van der Waals surface area contributed by atoms with E-state index in [1.807, 2.05) is 41.8 Å². The van der Waals surface area contributed by atoms with Crippen LogP contribution in [0.1, 0.15) is 24.5 Å². The first-order chi connectivity index (χ1) is 9.72. The Labute approximate surface area is 118 Å². The van der Waals surface area contributed by atoms with Crippen LogP contribution in [0.4, 0.5) is 0 Å². The fraction of sp³-hybridized carbons (Fsp3) is 0.333. The molecule has 0 aliphatic rings. The lowest BCUT2D eigenvalue weighted by Gasteiger charge is -2.16. The largest absolute Gasteiger partial charge is 0.336 e. The molecule has 0 radical (unpaired) electrons. The van der Waals surface area contributed by atoms with Crippen molar-refractivity contribution in [3.05, 3.63) is 48.2 Å². The Morgan fingerprint density at radius 1 is 1.25 bits per heavy atom. The number of aryl methyl sites for hydroxylation is 2. The fourth-order valence-corrected chi connectivity index (χ4v) is 2.62. The molecule has 2 aromatic heterocycles. The summed E-state index contributed by atoms with van der Waals surface area (Å²) >= 11 is 0. The monoisotopic (exact) mass is 269 g/mol. The van der Waals surface area contributed by atoms with Crippen LogP contribution >= 0.6 is 0 Å². The van der Waals surface area contributed by atoms with E-state index in [9.17, 15) is 0 Å². The van der Waals surface area contributed by atoms with E-state index in [0.29, 0.717) is 0 Å². The maximum absolute atomic E-state index is 4.71. The minimum atomic E-state index is 0.00565. The molecule has 1 aromatic carbocycles. The molecule has 5 nitrogen and oxygen atoms in total. The van der Waals surface area contributed by atoms with Crippen molar-refractivity contribution in [2.75, 3.05) is 6.54 Å². The molecule has 0 aliphatic carbocycles. The third-order valence-corrected chi connectivity index (χ3v) is 3.58. The van der Waals surface area contributed by atoms with Crippen molar-refractivity contribution in [2.24, 2.45) is 14.1 Å². The van der Waals surface area contributed by atoms with Gasteiger partial charge in [0.25, 0.3) is 0 Å².